The van der Waals surface area contributed by atoms with Crippen LogP contribution in [0.15, 0.2) is 36.5 Å². The lowest BCUT2D eigenvalue weighted by Gasteiger charge is -2.33. The van der Waals surface area contributed by atoms with Crippen LogP contribution in [-0.2, 0) is 4.74 Å². The van der Waals surface area contributed by atoms with E-state index in [0.29, 0.717) is 5.69 Å². The van der Waals surface area contributed by atoms with Crippen molar-refractivity contribution in [3.63, 3.8) is 0 Å². The first-order chi connectivity index (χ1) is 15.9. The van der Waals surface area contributed by atoms with Gasteiger partial charge in [-0.25, -0.2) is 22.9 Å². The maximum Gasteiger partial charge on any atom is 0.360 e. The molecule has 11 heteroatoms. The summed E-state index contributed by atoms with van der Waals surface area (Å²) in [7, 11) is 3.16. The van der Waals surface area contributed by atoms with Crippen molar-refractivity contribution >= 4 is 23.2 Å². The topological polar surface area (TPSA) is 83.5 Å². The molecule has 0 aliphatic carbocycles. The van der Waals surface area contributed by atoms with Crippen molar-refractivity contribution in [2.75, 3.05) is 50.6 Å². The third-order valence-corrected chi connectivity index (χ3v) is 5.34. The number of esters is 1. The summed E-state index contributed by atoms with van der Waals surface area (Å²) >= 11 is 0. The number of carbonyl (C=O) groups is 1. The first-order valence-electron chi connectivity index (χ1n) is 10.1. The van der Waals surface area contributed by atoms with Crippen molar-refractivity contribution in [2.45, 2.75) is 0 Å². The van der Waals surface area contributed by atoms with Crippen molar-refractivity contribution in [1.29, 1.82) is 0 Å². The molecule has 1 aliphatic heterocycles. The highest BCUT2D eigenvalue weighted by molar-refractivity contribution is 5.94. The van der Waals surface area contributed by atoms with E-state index in [1.54, 1.807) is 0 Å². The number of nitrogens with zero attached hydrogens (tertiary/aromatic N) is 5. The number of hydrogen-bond acceptors (Lipinski definition) is 8. The summed E-state index contributed by atoms with van der Waals surface area (Å²) in [6.45, 7) is 3.18. The zero-order chi connectivity index (χ0) is 23.5. The van der Waals surface area contributed by atoms with Gasteiger partial charge in [0, 0.05) is 32.2 Å². The second kappa shape index (κ2) is 9.41. The number of nitrogens with one attached hydrogen (secondary N) is 1. The van der Waals surface area contributed by atoms with E-state index >= 15 is 0 Å². The van der Waals surface area contributed by atoms with Gasteiger partial charge < -0.3 is 19.9 Å². The number of benzene rings is 1. The molecular formula is C22H21F3N6O2. The summed E-state index contributed by atoms with van der Waals surface area (Å²) in [5.41, 5.74) is -0.338. The largest absolute Gasteiger partial charge is 0.464 e. The minimum atomic E-state index is -0.861. The van der Waals surface area contributed by atoms with Crippen molar-refractivity contribution < 1.29 is 22.7 Å². The van der Waals surface area contributed by atoms with Crippen LogP contribution in [0, 0.1) is 17.5 Å². The van der Waals surface area contributed by atoms with Gasteiger partial charge in [-0.1, -0.05) is 6.07 Å². The van der Waals surface area contributed by atoms with Gasteiger partial charge in [0.1, 0.15) is 17.3 Å². The molecule has 1 saturated heterocycles. The molecule has 0 bridgehead atoms. The fourth-order valence-electron chi connectivity index (χ4n) is 3.48. The van der Waals surface area contributed by atoms with Gasteiger partial charge in [-0.15, -0.1) is 10.2 Å². The molecule has 0 spiro atoms. The van der Waals surface area contributed by atoms with Gasteiger partial charge in [-0.3, -0.25) is 0 Å². The molecule has 0 amide bonds. The summed E-state index contributed by atoms with van der Waals surface area (Å²) in [6.07, 6.45) is 1.51. The zero-order valence-electron chi connectivity index (χ0n) is 18.0. The third kappa shape index (κ3) is 4.72. The molecule has 0 saturated carbocycles. The van der Waals surface area contributed by atoms with E-state index < -0.39 is 29.0 Å². The minimum Gasteiger partial charge on any atom is -0.464 e. The van der Waals surface area contributed by atoms with Crippen molar-refractivity contribution in [3.05, 3.63) is 59.7 Å². The van der Waals surface area contributed by atoms with Crippen molar-refractivity contribution in [2.24, 2.45) is 0 Å². The lowest BCUT2D eigenvalue weighted by atomic mass is 10.1. The van der Waals surface area contributed by atoms with Gasteiger partial charge in [-0.05, 0) is 25.2 Å². The van der Waals surface area contributed by atoms with Crippen molar-refractivity contribution in [1.82, 2.24) is 20.1 Å². The van der Waals surface area contributed by atoms with Gasteiger partial charge in [-0.2, -0.15) is 0 Å². The number of rotatable bonds is 5. The highest BCUT2D eigenvalue weighted by Crippen LogP contribution is 2.30. The van der Waals surface area contributed by atoms with Gasteiger partial charge in [0.25, 0.3) is 0 Å². The predicted octanol–water partition coefficient (Wildman–Crippen LogP) is 3.24. The van der Waals surface area contributed by atoms with E-state index in [1.807, 2.05) is 11.9 Å². The van der Waals surface area contributed by atoms with Crippen LogP contribution in [0.25, 0.3) is 11.3 Å². The molecule has 4 rings (SSSR count). The molecule has 33 heavy (non-hydrogen) atoms. The Kier molecular flexibility index (Phi) is 6.40. The quantitative estimate of drug-likeness (QED) is 0.584. The minimum absolute atomic E-state index is 0.0618. The Morgan fingerprint density at radius 3 is 2.36 bits per heavy atom. The van der Waals surface area contributed by atoms with E-state index in [1.165, 1.54) is 24.4 Å². The number of hydrogen-bond donors (Lipinski definition) is 1. The standard InChI is InChI=1S/C22H21F3N6O2/c1-30-6-8-31(9-7-30)13-10-16(25)21(26-12-13)27-18-11-17(28-29-20(18)22(32)33-2)19-14(23)4-3-5-15(19)24/h3-5,10-12H,6-9H2,1-2H3,(H,26,27,28). The van der Waals surface area contributed by atoms with E-state index in [2.05, 4.69) is 25.4 Å². The maximum atomic E-state index is 14.9. The van der Waals surface area contributed by atoms with Gasteiger partial charge in [0.05, 0.1) is 30.2 Å². The number of piperazine rings is 1. The molecule has 0 unspecified atom stereocenters. The average molecular weight is 458 g/mol. The molecule has 3 aromatic rings. The number of ether oxygens (including phenoxy) is 1. The normalized spacial score (nSPS) is 14.3. The van der Waals surface area contributed by atoms with Crippen LogP contribution in [0.5, 0.6) is 0 Å². The molecule has 1 N–H and O–H groups in total. The zero-order valence-corrected chi connectivity index (χ0v) is 18.0. The number of anilines is 3. The average Bonchev–Trinajstić information content (AvgIpc) is 2.80. The predicted molar refractivity (Wildman–Crippen MR) is 116 cm³/mol. The number of pyridine rings is 1. The molecular weight excluding hydrogens is 437 g/mol. The van der Waals surface area contributed by atoms with Crippen LogP contribution in [-0.4, -0.2) is 66.4 Å². The highest BCUT2D eigenvalue weighted by Gasteiger charge is 2.22. The summed E-state index contributed by atoms with van der Waals surface area (Å²) < 4.78 is 48.0. The molecule has 3 heterocycles. The summed E-state index contributed by atoms with van der Waals surface area (Å²) in [4.78, 5) is 20.5. The van der Waals surface area contributed by atoms with Crippen LogP contribution in [0.4, 0.5) is 30.4 Å². The van der Waals surface area contributed by atoms with Gasteiger partial charge >= 0.3 is 5.97 Å². The van der Waals surface area contributed by atoms with Crippen LogP contribution in [0.2, 0.25) is 0 Å². The number of carbonyl (C=O) groups excluding carboxylic acids is 1. The van der Waals surface area contributed by atoms with Crippen LogP contribution >= 0.6 is 0 Å². The van der Waals surface area contributed by atoms with E-state index in [4.69, 9.17) is 4.74 Å². The Hall–Kier alpha value is -3.73. The van der Waals surface area contributed by atoms with Crippen LogP contribution in [0.3, 0.4) is 0 Å². The van der Waals surface area contributed by atoms with E-state index in [9.17, 15) is 18.0 Å². The SMILES string of the molecule is COC(=O)c1nnc(-c2c(F)cccc2F)cc1Nc1ncc(N2CCN(C)CC2)cc1F. The molecule has 0 radical (unpaired) electrons. The Labute approximate surface area is 188 Å². The Morgan fingerprint density at radius 2 is 1.73 bits per heavy atom. The first kappa shape index (κ1) is 22.5. The van der Waals surface area contributed by atoms with E-state index in [-0.39, 0.29) is 22.9 Å². The number of aromatic nitrogens is 3. The van der Waals surface area contributed by atoms with Gasteiger partial charge in [0.2, 0.25) is 0 Å². The third-order valence-electron chi connectivity index (χ3n) is 5.34. The van der Waals surface area contributed by atoms with E-state index in [0.717, 1.165) is 45.4 Å². The Morgan fingerprint density at radius 1 is 1.03 bits per heavy atom. The maximum absolute atomic E-state index is 14.9. The van der Waals surface area contributed by atoms with Gasteiger partial charge in [0.15, 0.2) is 17.3 Å². The first-order valence-corrected chi connectivity index (χ1v) is 10.1. The van der Waals surface area contributed by atoms with Crippen molar-refractivity contribution in [3.8, 4) is 11.3 Å². The second-order valence-corrected chi connectivity index (χ2v) is 7.52. The lowest BCUT2D eigenvalue weighted by molar-refractivity contribution is 0.0594. The lowest BCUT2D eigenvalue weighted by Crippen LogP contribution is -2.44. The fourth-order valence-corrected chi connectivity index (χ4v) is 3.48. The molecule has 172 valence electrons. The summed E-state index contributed by atoms with van der Waals surface area (Å²) in [5, 5.41) is 10.2. The molecule has 0 atom stereocenters. The summed E-state index contributed by atoms with van der Waals surface area (Å²) in [6, 6.07) is 5.88. The highest BCUT2D eigenvalue weighted by atomic mass is 19.1. The Bertz CT molecular complexity index is 1160. The Balaban J connectivity index is 1.68. The smallest absolute Gasteiger partial charge is 0.360 e. The molecule has 8 nitrogen and oxygen atoms in total. The number of methoxy groups -OCH3 is 1. The molecule has 1 fully saturated rings. The van der Waals surface area contributed by atoms with Crippen LogP contribution in [0.1, 0.15) is 10.5 Å². The monoisotopic (exact) mass is 458 g/mol. The molecule has 1 aromatic carbocycles. The molecule has 2 aromatic heterocycles. The fraction of sp³-hybridized carbons (Fsp3) is 0.273. The van der Waals surface area contributed by atoms with Crippen LogP contribution < -0.4 is 10.2 Å². The second-order valence-electron chi connectivity index (χ2n) is 7.52. The number of likely N-dealkylation sites (N-methyl/N-ethyl adjacent to an activating group) is 1. The number of halogens is 3. The summed E-state index contributed by atoms with van der Waals surface area (Å²) in [5.74, 6) is -3.44. The molecule has 1 aliphatic rings.